The zero-order valence-corrected chi connectivity index (χ0v) is 26.4. The molecule has 0 fully saturated rings. The topological polar surface area (TPSA) is 122 Å². The number of nitrogens with one attached hydrogen (secondary N) is 1. The molecule has 0 bridgehead atoms. The fourth-order valence-electron chi connectivity index (χ4n) is 5.81. The van der Waals surface area contributed by atoms with Crippen molar-refractivity contribution in [1.29, 1.82) is 0 Å². The molecule has 11 heteroatoms. The summed E-state index contributed by atoms with van der Waals surface area (Å²) in [5, 5.41) is 2.83. The molecule has 2 amide bonds. The first-order chi connectivity index (χ1) is 23.0. The Hall–Kier alpha value is -5.13. The molecule has 1 N–H and O–H groups in total. The van der Waals surface area contributed by atoms with Crippen LogP contribution in [0.15, 0.2) is 91.5 Å². The van der Waals surface area contributed by atoms with E-state index in [1.807, 2.05) is 36.4 Å². The van der Waals surface area contributed by atoms with Gasteiger partial charge in [0.25, 0.3) is 0 Å². The lowest BCUT2D eigenvalue weighted by molar-refractivity contribution is -0.137. The largest absolute Gasteiger partial charge is 0.468 e. The number of benzene rings is 3. The molecule has 1 aliphatic heterocycles. The summed E-state index contributed by atoms with van der Waals surface area (Å²) in [5.41, 5.74) is 5.35. The van der Waals surface area contributed by atoms with Gasteiger partial charge in [0, 0.05) is 24.7 Å². The van der Waals surface area contributed by atoms with Gasteiger partial charge in [0.15, 0.2) is 6.79 Å². The van der Waals surface area contributed by atoms with Gasteiger partial charge in [0.1, 0.15) is 19.0 Å². The van der Waals surface area contributed by atoms with Crippen LogP contribution in [0, 0.1) is 0 Å². The average Bonchev–Trinajstić information content (AvgIpc) is 3.57. The van der Waals surface area contributed by atoms with Crippen molar-refractivity contribution in [2.75, 3.05) is 51.8 Å². The van der Waals surface area contributed by atoms with E-state index in [1.54, 1.807) is 32.2 Å². The van der Waals surface area contributed by atoms with Gasteiger partial charge in [-0.05, 0) is 47.4 Å². The number of fused-ring (bicyclic) bond motifs is 4. The molecule has 246 valence electrons. The molecule has 2 aliphatic rings. The third kappa shape index (κ3) is 7.65. The van der Waals surface area contributed by atoms with Crippen molar-refractivity contribution in [2.45, 2.75) is 24.9 Å². The van der Waals surface area contributed by atoms with E-state index in [0.29, 0.717) is 30.2 Å². The molecular formula is C36H38N2O9. The van der Waals surface area contributed by atoms with E-state index in [1.165, 1.54) is 23.1 Å². The van der Waals surface area contributed by atoms with Crippen molar-refractivity contribution in [3.05, 3.63) is 108 Å². The lowest BCUT2D eigenvalue weighted by Gasteiger charge is -2.26. The summed E-state index contributed by atoms with van der Waals surface area (Å²) in [6, 6.07) is 19.5. The van der Waals surface area contributed by atoms with Gasteiger partial charge in [0.2, 0.25) is 0 Å². The van der Waals surface area contributed by atoms with Crippen LogP contribution in [0.25, 0.3) is 11.1 Å². The Labute approximate surface area is 273 Å². The summed E-state index contributed by atoms with van der Waals surface area (Å²) in [6.45, 7) is 6.23. The zero-order valence-electron chi connectivity index (χ0n) is 26.4. The van der Waals surface area contributed by atoms with E-state index in [9.17, 15) is 14.4 Å². The lowest BCUT2D eigenvalue weighted by Crippen LogP contribution is -2.44. The Balaban J connectivity index is 1.45. The fourth-order valence-corrected chi connectivity index (χ4v) is 5.81. The number of anilines is 1. The van der Waals surface area contributed by atoms with E-state index < -0.39 is 30.2 Å². The molecule has 1 aliphatic carbocycles. The summed E-state index contributed by atoms with van der Waals surface area (Å²) >= 11 is 0. The number of hydrogen-bond donors (Lipinski definition) is 1. The van der Waals surface area contributed by atoms with Gasteiger partial charge in [0.05, 0.1) is 37.6 Å². The fraction of sp³-hybridized carbons (Fsp3) is 0.306. The highest BCUT2D eigenvalue weighted by molar-refractivity contribution is 5.94. The van der Waals surface area contributed by atoms with E-state index in [0.717, 1.165) is 22.3 Å². The summed E-state index contributed by atoms with van der Waals surface area (Å²) in [5.74, 6) is -0.324. The standard InChI is InChI=1S/C36H38N2O9/c1-4-18-45-35(40)37-34-29-21-24(47-23-43-20-19-42-3)14-15-31(29)38(32(34)16-17-33(39)44-5-2)36(41)46-22-30-27-12-8-6-10-25(27)26-11-7-9-13-28(26)30/h4,6-17,21,30,32,34H,1,5,18-20,22-23H2,2-3H3,(H,37,40)/t32-,34+/m1/s1. The number of methoxy groups -OCH3 is 1. The summed E-state index contributed by atoms with van der Waals surface area (Å²) in [4.78, 5) is 40.7. The van der Waals surface area contributed by atoms with Gasteiger partial charge in [-0.25, -0.2) is 14.4 Å². The highest BCUT2D eigenvalue weighted by atomic mass is 16.7. The number of esters is 1. The van der Waals surface area contributed by atoms with Crippen LogP contribution in [0.2, 0.25) is 0 Å². The first-order valence-electron chi connectivity index (χ1n) is 15.3. The van der Waals surface area contributed by atoms with Crippen LogP contribution in [0.1, 0.15) is 35.6 Å². The second-order valence-electron chi connectivity index (χ2n) is 10.7. The lowest BCUT2D eigenvalue weighted by atomic mass is 9.98. The minimum Gasteiger partial charge on any atom is -0.468 e. The number of carbonyl (C=O) groups is 3. The van der Waals surface area contributed by atoms with Crippen LogP contribution in [0.3, 0.4) is 0 Å². The van der Waals surface area contributed by atoms with Crippen LogP contribution in [0.4, 0.5) is 15.3 Å². The molecular weight excluding hydrogens is 604 g/mol. The van der Waals surface area contributed by atoms with Crippen LogP contribution >= 0.6 is 0 Å². The number of nitrogens with zero attached hydrogens (tertiary/aromatic N) is 1. The molecule has 0 unspecified atom stereocenters. The number of hydrogen-bond acceptors (Lipinski definition) is 9. The normalized spacial score (nSPS) is 16.3. The van der Waals surface area contributed by atoms with Crippen molar-refractivity contribution in [3.8, 4) is 16.9 Å². The Bertz CT molecular complexity index is 1580. The van der Waals surface area contributed by atoms with Gasteiger partial charge in [-0.2, -0.15) is 0 Å². The smallest absolute Gasteiger partial charge is 0.414 e. The van der Waals surface area contributed by atoms with Crippen molar-refractivity contribution >= 4 is 23.8 Å². The third-order valence-corrected chi connectivity index (χ3v) is 7.83. The Morgan fingerprint density at radius 1 is 0.915 bits per heavy atom. The zero-order chi connectivity index (χ0) is 33.2. The van der Waals surface area contributed by atoms with E-state index in [4.69, 9.17) is 28.4 Å². The molecule has 1 heterocycles. The predicted octanol–water partition coefficient (Wildman–Crippen LogP) is 5.90. The number of amides is 2. The number of ether oxygens (including phenoxy) is 6. The molecule has 3 aromatic carbocycles. The van der Waals surface area contributed by atoms with E-state index in [-0.39, 0.29) is 32.5 Å². The second kappa shape index (κ2) is 15.9. The van der Waals surface area contributed by atoms with Crippen molar-refractivity contribution in [3.63, 3.8) is 0 Å². The van der Waals surface area contributed by atoms with Crippen LogP contribution in [0.5, 0.6) is 5.75 Å². The summed E-state index contributed by atoms with van der Waals surface area (Å²) in [7, 11) is 1.58. The SMILES string of the molecule is C=CCOC(=O)N[C@H]1c2cc(OCOCCOC)ccc2N(C(=O)OCC2c3ccccc3-c3ccccc32)[C@@H]1C=CC(=O)OCC. The molecule has 0 aromatic heterocycles. The Kier molecular flexibility index (Phi) is 11.3. The minimum absolute atomic E-state index is 0.0210. The quantitative estimate of drug-likeness (QED) is 0.0572. The Morgan fingerprint density at radius 3 is 2.32 bits per heavy atom. The van der Waals surface area contributed by atoms with E-state index in [2.05, 4.69) is 24.0 Å². The van der Waals surface area contributed by atoms with Crippen molar-refractivity contribution in [2.24, 2.45) is 0 Å². The second-order valence-corrected chi connectivity index (χ2v) is 10.7. The minimum atomic E-state index is -0.880. The van der Waals surface area contributed by atoms with E-state index >= 15 is 0 Å². The highest BCUT2D eigenvalue weighted by Crippen LogP contribution is 2.46. The maximum Gasteiger partial charge on any atom is 0.414 e. The highest BCUT2D eigenvalue weighted by Gasteiger charge is 2.43. The summed E-state index contributed by atoms with van der Waals surface area (Å²) < 4.78 is 32.5. The monoisotopic (exact) mass is 642 g/mol. The van der Waals surface area contributed by atoms with Crippen molar-refractivity contribution in [1.82, 2.24) is 5.32 Å². The Morgan fingerprint density at radius 2 is 1.64 bits per heavy atom. The van der Waals surface area contributed by atoms with Gasteiger partial charge in [-0.3, -0.25) is 4.90 Å². The molecule has 47 heavy (non-hydrogen) atoms. The molecule has 11 nitrogen and oxygen atoms in total. The molecule has 0 radical (unpaired) electrons. The van der Waals surface area contributed by atoms with Gasteiger partial charge in [-0.15, -0.1) is 0 Å². The average molecular weight is 643 g/mol. The maximum atomic E-state index is 14.1. The van der Waals surface area contributed by atoms with Crippen LogP contribution < -0.4 is 15.0 Å². The molecule has 0 spiro atoms. The first kappa shape index (κ1) is 33.2. The number of alkyl carbamates (subject to hydrolysis) is 1. The van der Waals surface area contributed by atoms with Crippen LogP contribution in [-0.4, -0.2) is 71.1 Å². The molecule has 0 saturated heterocycles. The summed E-state index contributed by atoms with van der Waals surface area (Å²) in [6.07, 6.45) is 2.78. The van der Waals surface area contributed by atoms with Gasteiger partial charge < -0.3 is 33.7 Å². The maximum absolute atomic E-state index is 14.1. The number of rotatable bonds is 14. The molecule has 5 rings (SSSR count). The predicted molar refractivity (Wildman–Crippen MR) is 174 cm³/mol. The first-order valence-corrected chi connectivity index (χ1v) is 15.3. The molecule has 3 aromatic rings. The van der Waals surface area contributed by atoms with Crippen molar-refractivity contribution < 1.29 is 42.8 Å². The number of carbonyl (C=O) groups excluding carboxylic acids is 3. The van der Waals surface area contributed by atoms with Gasteiger partial charge >= 0.3 is 18.2 Å². The van der Waals surface area contributed by atoms with Gasteiger partial charge in [-0.1, -0.05) is 67.3 Å². The van der Waals surface area contributed by atoms with Crippen LogP contribution in [-0.2, 0) is 28.5 Å². The molecule has 2 atom stereocenters. The third-order valence-electron chi connectivity index (χ3n) is 7.83. The molecule has 0 saturated carbocycles.